The van der Waals surface area contributed by atoms with Crippen molar-refractivity contribution in [3.05, 3.63) is 82.6 Å². The van der Waals surface area contributed by atoms with E-state index in [-0.39, 0.29) is 13.1 Å². The highest BCUT2D eigenvalue weighted by Crippen LogP contribution is 2.29. The normalized spacial score (nSPS) is 14.5. The zero-order valence-electron chi connectivity index (χ0n) is 15.5. The van der Waals surface area contributed by atoms with Crippen molar-refractivity contribution >= 4 is 39.6 Å². The van der Waals surface area contributed by atoms with Crippen LogP contribution in [-0.4, -0.2) is 27.6 Å². The molecule has 148 valence electrons. The van der Waals surface area contributed by atoms with Gasteiger partial charge in [0.2, 0.25) is 0 Å². The van der Waals surface area contributed by atoms with Crippen molar-refractivity contribution in [2.24, 2.45) is 0 Å². The third kappa shape index (κ3) is 2.77. The van der Waals surface area contributed by atoms with Gasteiger partial charge in [0.25, 0.3) is 0 Å². The van der Waals surface area contributed by atoms with Crippen LogP contribution >= 0.6 is 0 Å². The SMILES string of the molecule is O=C1C(=O)N(Cc2cc(=O)oc3ccc4ccccc4c23)C(=O)N1Cc1ccco1. The fraction of sp³-hybridized carbons (Fsp3) is 0.0909. The van der Waals surface area contributed by atoms with E-state index in [2.05, 4.69) is 0 Å². The van der Waals surface area contributed by atoms with Gasteiger partial charge in [-0.3, -0.25) is 14.5 Å². The summed E-state index contributed by atoms with van der Waals surface area (Å²) in [6.45, 7) is -0.373. The zero-order valence-corrected chi connectivity index (χ0v) is 15.5. The highest BCUT2D eigenvalue weighted by atomic mass is 16.4. The molecule has 0 bridgehead atoms. The van der Waals surface area contributed by atoms with Gasteiger partial charge in [-0.15, -0.1) is 0 Å². The lowest BCUT2D eigenvalue weighted by Crippen LogP contribution is -2.32. The number of rotatable bonds is 4. The zero-order chi connectivity index (χ0) is 20.8. The summed E-state index contributed by atoms with van der Waals surface area (Å²) in [6.07, 6.45) is 1.42. The van der Waals surface area contributed by atoms with Crippen molar-refractivity contribution < 1.29 is 23.2 Å². The molecule has 0 unspecified atom stereocenters. The van der Waals surface area contributed by atoms with Crippen LogP contribution in [0.2, 0.25) is 0 Å². The van der Waals surface area contributed by atoms with Crippen LogP contribution in [0.5, 0.6) is 0 Å². The number of furan rings is 1. The fourth-order valence-corrected chi connectivity index (χ4v) is 3.70. The number of benzene rings is 2. The topological polar surface area (TPSA) is 101 Å². The van der Waals surface area contributed by atoms with Crippen LogP contribution < -0.4 is 5.63 Å². The monoisotopic (exact) mass is 402 g/mol. The standard InChI is InChI=1S/C22H14N2O6/c25-18-10-14(19-16-6-2-1-4-13(16)7-8-17(19)30-18)11-23-20(26)21(27)24(22(23)28)12-15-5-3-9-29-15/h1-10H,11-12H2. The van der Waals surface area contributed by atoms with E-state index in [1.54, 1.807) is 18.2 Å². The summed E-state index contributed by atoms with van der Waals surface area (Å²) in [6, 6.07) is 14.7. The summed E-state index contributed by atoms with van der Waals surface area (Å²) in [5, 5.41) is 2.34. The average molecular weight is 402 g/mol. The van der Waals surface area contributed by atoms with Crippen molar-refractivity contribution in [2.45, 2.75) is 13.1 Å². The van der Waals surface area contributed by atoms with Crippen molar-refractivity contribution in [2.75, 3.05) is 0 Å². The first kappa shape index (κ1) is 17.9. The molecule has 0 aliphatic carbocycles. The molecule has 30 heavy (non-hydrogen) atoms. The molecule has 3 heterocycles. The minimum absolute atomic E-state index is 0.145. The molecule has 0 atom stereocenters. The van der Waals surface area contributed by atoms with E-state index in [4.69, 9.17) is 8.83 Å². The van der Waals surface area contributed by atoms with E-state index in [1.807, 2.05) is 30.3 Å². The van der Waals surface area contributed by atoms with Crippen LogP contribution in [-0.2, 0) is 22.7 Å². The molecule has 2 aromatic carbocycles. The molecule has 4 aromatic rings. The first-order valence-corrected chi connectivity index (χ1v) is 9.17. The number of carbonyl (C=O) groups excluding carboxylic acids is 3. The van der Waals surface area contributed by atoms with Crippen molar-refractivity contribution in [3.8, 4) is 0 Å². The molecular weight excluding hydrogens is 388 g/mol. The molecule has 2 aromatic heterocycles. The highest BCUT2D eigenvalue weighted by molar-refractivity contribution is 6.44. The van der Waals surface area contributed by atoms with Gasteiger partial charge < -0.3 is 8.83 Å². The molecule has 1 saturated heterocycles. The lowest BCUT2D eigenvalue weighted by atomic mass is 10.0. The summed E-state index contributed by atoms with van der Waals surface area (Å²) in [7, 11) is 0. The van der Waals surface area contributed by atoms with Gasteiger partial charge in [-0.2, -0.15) is 0 Å². The molecule has 0 saturated carbocycles. The van der Waals surface area contributed by atoms with Gasteiger partial charge in [-0.1, -0.05) is 30.3 Å². The van der Waals surface area contributed by atoms with E-state index in [1.165, 1.54) is 12.3 Å². The maximum atomic E-state index is 12.8. The minimum atomic E-state index is -0.951. The van der Waals surface area contributed by atoms with Gasteiger partial charge in [0.15, 0.2) is 0 Å². The predicted octanol–water partition coefficient (Wildman–Crippen LogP) is 3.03. The number of imide groups is 2. The van der Waals surface area contributed by atoms with E-state index in [0.717, 1.165) is 20.6 Å². The second-order valence-electron chi connectivity index (χ2n) is 6.90. The Morgan fingerprint density at radius 1 is 0.800 bits per heavy atom. The maximum Gasteiger partial charge on any atom is 0.336 e. The molecule has 4 amide bonds. The Hall–Kier alpha value is -4.20. The third-order valence-corrected chi connectivity index (χ3v) is 5.07. The number of hydrogen-bond acceptors (Lipinski definition) is 6. The Labute approximate surface area is 168 Å². The fourth-order valence-electron chi connectivity index (χ4n) is 3.70. The van der Waals surface area contributed by atoms with Crippen LogP contribution in [0, 0.1) is 0 Å². The van der Waals surface area contributed by atoms with Crippen molar-refractivity contribution in [3.63, 3.8) is 0 Å². The maximum absolute atomic E-state index is 12.8. The van der Waals surface area contributed by atoms with Gasteiger partial charge in [0, 0.05) is 11.5 Å². The largest absolute Gasteiger partial charge is 0.467 e. The lowest BCUT2D eigenvalue weighted by Gasteiger charge is -2.16. The van der Waals surface area contributed by atoms with Crippen LogP contribution in [0.1, 0.15) is 11.3 Å². The lowest BCUT2D eigenvalue weighted by molar-refractivity contribution is -0.143. The summed E-state index contributed by atoms with van der Waals surface area (Å²) in [4.78, 5) is 51.4. The van der Waals surface area contributed by atoms with Gasteiger partial charge in [-0.25, -0.2) is 14.5 Å². The van der Waals surface area contributed by atoms with Crippen LogP contribution in [0.4, 0.5) is 4.79 Å². The molecule has 1 aliphatic rings. The summed E-state index contributed by atoms with van der Waals surface area (Å²) in [5.41, 5.74) is 0.159. The van der Waals surface area contributed by atoms with Crippen LogP contribution in [0.25, 0.3) is 21.7 Å². The number of carbonyl (C=O) groups is 3. The number of hydrogen-bond donors (Lipinski definition) is 0. The Morgan fingerprint density at radius 3 is 2.33 bits per heavy atom. The summed E-state index contributed by atoms with van der Waals surface area (Å²) >= 11 is 0. The van der Waals surface area contributed by atoms with E-state index >= 15 is 0 Å². The van der Waals surface area contributed by atoms with Crippen LogP contribution in [0.3, 0.4) is 0 Å². The smallest absolute Gasteiger partial charge is 0.336 e. The van der Waals surface area contributed by atoms with Gasteiger partial charge in [-0.05, 0) is 34.5 Å². The molecule has 5 rings (SSSR count). The van der Waals surface area contributed by atoms with Crippen LogP contribution in [0.15, 0.2) is 74.5 Å². The molecule has 0 spiro atoms. The second kappa shape index (κ2) is 6.70. The highest BCUT2D eigenvalue weighted by Gasteiger charge is 2.44. The molecule has 1 aliphatic heterocycles. The average Bonchev–Trinajstić information content (AvgIpc) is 3.32. The first-order valence-electron chi connectivity index (χ1n) is 9.17. The molecule has 0 radical (unpaired) electrons. The van der Waals surface area contributed by atoms with Gasteiger partial charge in [0.05, 0.1) is 19.4 Å². The Balaban J connectivity index is 1.58. The molecule has 8 heteroatoms. The van der Waals surface area contributed by atoms with Crippen molar-refractivity contribution in [1.82, 2.24) is 9.80 Å². The van der Waals surface area contributed by atoms with Gasteiger partial charge in [0.1, 0.15) is 11.3 Å². The number of urea groups is 1. The van der Waals surface area contributed by atoms with Gasteiger partial charge >= 0.3 is 23.5 Å². The molecular formula is C22H14N2O6. The van der Waals surface area contributed by atoms with E-state index in [0.29, 0.717) is 22.3 Å². The summed E-state index contributed by atoms with van der Waals surface area (Å²) in [5.74, 6) is -1.51. The quantitative estimate of drug-likeness (QED) is 0.225. The number of amides is 4. The Kier molecular flexibility index (Phi) is 3.99. The van der Waals surface area contributed by atoms with E-state index in [9.17, 15) is 19.2 Å². The molecule has 8 nitrogen and oxygen atoms in total. The third-order valence-electron chi connectivity index (χ3n) is 5.07. The number of nitrogens with zero attached hydrogens (tertiary/aromatic N) is 2. The molecule has 1 fully saturated rings. The second-order valence-corrected chi connectivity index (χ2v) is 6.90. The van der Waals surface area contributed by atoms with E-state index < -0.39 is 23.5 Å². The summed E-state index contributed by atoms with van der Waals surface area (Å²) < 4.78 is 10.5. The first-order chi connectivity index (χ1) is 14.5. The minimum Gasteiger partial charge on any atom is -0.467 e. The molecule has 0 N–H and O–H groups in total. The number of fused-ring (bicyclic) bond motifs is 3. The Bertz CT molecular complexity index is 1390. The predicted molar refractivity (Wildman–Crippen MR) is 105 cm³/mol. The van der Waals surface area contributed by atoms with Crippen molar-refractivity contribution in [1.29, 1.82) is 0 Å². The Morgan fingerprint density at radius 2 is 1.57 bits per heavy atom.